The van der Waals surface area contributed by atoms with Crippen molar-refractivity contribution in [3.63, 3.8) is 0 Å². The molecular formula is C17H22N2S. The number of thioether (sulfide) groups is 1. The molecule has 2 rings (SSSR count). The van der Waals surface area contributed by atoms with Crippen molar-refractivity contribution < 1.29 is 0 Å². The molecule has 0 saturated heterocycles. The summed E-state index contributed by atoms with van der Waals surface area (Å²) in [6.07, 6.45) is 3.85. The molecule has 1 aromatic carbocycles. The first-order chi connectivity index (χ1) is 9.69. The van der Waals surface area contributed by atoms with Gasteiger partial charge in [-0.05, 0) is 49.2 Å². The van der Waals surface area contributed by atoms with Gasteiger partial charge in [-0.1, -0.05) is 25.1 Å². The van der Waals surface area contributed by atoms with E-state index in [2.05, 4.69) is 61.4 Å². The fourth-order valence-electron chi connectivity index (χ4n) is 2.16. The molecule has 0 fully saturated rings. The molecule has 0 saturated carbocycles. The van der Waals surface area contributed by atoms with Crippen LogP contribution in [0.3, 0.4) is 0 Å². The van der Waals surface area contributed by atoms with Crippen molar-refractivity contribution in [1.82, 2.24) is 10.3 Å². The summed E-state index contributed by atoms with van der Waals surface area (Å²) >= 11 is 1.86. The van der Waals surface area contributed by atoms with Gasteiger partial charge >= 0.3 is 0 Å². The van der Waals surface area contributed by atoms with Crippen molar-refractivity contribution in [3.8, 4) is 0 Å². The molecule has 1 unspecified atom stereocenters. The van der Waals surface area contributed by atoms with Crippen LogP contribution >= 0.6 is 11.8 Å². The largest absolute Gasteiger partial charge is 0.310 e. The van der Waals surface area contributed by atoms with E-state index in [9.17, 15) is 0 Å². The number of nitrogens with one attached hydrogen (secondary N) is 1. The van der Waals surface area contributed by atoms with E-state index in [1.54, 1.807) is 0 Å². The van der Waals surface area contributed by atoms with Crippen LogP contribution in [-0.4, -0.2) is 11.5 Å². The first-order valence-electron chi connectivity index (χ1n) is 7.05. The fraction of sp³-hybridized carbons (Fsp3) is 0.353. The lowest BCUT2D eigenvalue weighted by atomic mass is 10.1. The maximum atomic E-state index is 4.24. The smallest absolute Gasteiger partial charge is 0.0308 e. The molecule has 0 radical (unpaired) electrons. The third kappa shape index (κ3) is 4.36. The number of aromatic nitrogens is 1. The Morgan fingerprint density at radius 1 is 1.25 bits per heavy atom. The molecule has 1 aromatic heterocycles. The monoisotopic (exact) mass is 286 g/mol. The van der Waals surface area contributed by atoms with Crippen LogP contribution in [0.1, 0.15) is 36.6 Å². The minimum absolute atomic E-state index is 0.404. The molecule has 3 heteroatoms. The zero-order valence-corrected chi connectivity index (χ0v) is 13.2. The van der Waals surface area contributed by atoms with Gasteiger partial charge in [0.05, 0.1) is 0 Å². The highest BCUT2D eigenvalue weighted by molar-refractivity contribution is 7.98. The second-order valence-corrected chi connectivity index (χ2v) is 6.06. The number of nitrogens with zero attached hydrogens (tertiary/aromatic N) is 1. The van der Waals surface area contributed by atoms with Gasteiger partial charge in [-0.25, -0.2) is 0 Å². The zero-order valence-electron chi connectivity index (χ0n) is 12.4. The third-order valence-corrected chi connectivity index (χ3v) is 4.27. The van der Waals surface area contributed by atoms with E-state index in [0.29, 0.717) is 6.04 Å². The van der Waals surface area contributed by atoms with E-state index in [-0.39, 0.29) is 0 Å². The maximum Gasteiger partial charge on any atom is 0.0308 e. The summed E-state index contributed by atoms with van der Waals surface area (Å²) in [5.74, 6) is 0.966. The topological polar surface area (TPSA) is 24.9 Å². The van der Waals surface area contributed by atoms with Crippen molar-refractivity contribution in [2.24, 2.45) is 0 Å². The fourth-order valence-corrected chi connectivity index (χ4v) is 3.05. The molecule has 20 heavy (non-hydrogen) atoms. The lowest BCUT2D eigenvalue weighted by molar-refractivity contribution is 0.597. The van der Waals surface area contributed by atoms with Gasteiger partial charge in [0, 0.05) is 29.1 Å². The average Bonchev–Trinajstić information content (AvgIpc) is 2.46. The van der Waals surface area contributed by atoms with E-state index in [0.717, 1.165) is 12.3 Å². The first kappa shape index (κ1) is 15.1. The highest BCUT2D eigenvalue weighted by Gasteiger charge is 2.05. The Labute approximate surface area is 126 Å². The molecule has 0 aliphatic heterocycles. The molecule has 106 valence electrons. The molecule has 0 aliphatic rings. The average molecular weight is 286 g/mol. The SMILES string of the molecule is CCNC(C)c1cccc(SCc2cncc(C)c2)c1. The summed E-state index contributed by atoms with van der Waals surface area (Å²) in [6.45, 7) is 7.42. The summed E-state index contributed by atoms with van der Waals surface area (Å²) < 4.78 is 0. The van der Waals surface area contributed by atoms with E-state index < -0.39 is 0 Å². The number of rotatable bonds is 6. The van der Waals surface area contributed by atoms with E-state index in [1.165, 1.54) is 21.6 Å². The van der Waals surface area contributed by atoms with Crippen LogP contribution in [0.25, 0.3) is 0 Å². The Morgan fingerprint density at radius 3 is 2.85 bits per heavy atom. The van der Waals surface area contributed by atoms with Gasteiger partial charge in [0.1, 0.15) is 0 Å². The number of hydrogen-bond acceptors (Lipinski definition) is 3. The second kappa shape index (κ2) is 7.46. The molecule has 2 aromatic rings. The van der Waals surface area contributed by atoms with Crippen LogP contribution < -0.4 is 5.32 Å². The van der Waals surface area contributed by atoms with E-state index in [1.807, 2.05) is 24.2 Å². The molecule has 0 amide bonds. The third-order valence-electron chi connectivity index (χ3n) is 3.21. The van der Waals surface area contributed by atoms with Crippen LogP contribution in [0.5, 0.6) is 0 Å². The Balaban J connectivity index is 2.01. The molecular weight excluding hydrogens is 264 g/mol. The van der Waals surface area contributed by atoms with Gasteiger partial charge in [-0.3, -0.25) is 4.98 Å². The first-order valence-corrected chi connectivity index (χ1v) is 8.04. The van der Waals surface area contributed by atoms with Gasteiger partial charge in [0.25, 0.3) is 0 Å². The second-order valence-electron chi connectivity index (χ2n) is 5.01. The van der Waals surface area contributed by atoms with Crippen LogP contribution in [0.4, 0.5) is 0 Å². The summed E-state index contributed by atoms with van der Waals surface area (Å²) in [7, 11) is 0. The van der Waals surface area contributed by atoms with Crippen molar-refractivity contribution in [2.45, 2.75) is 37.5 Å². The molecule has 2 nitrogen and oxygen atoms in total. The molecule has 1 heterocycles. The molecule has 1 N–H and O–H groups in total. The number of hydrogen-bond donors (Lipinski definition) is 1. The minimum Gasteiger partial charge on any atom is -0.310 e. The molecule has 0 bridgehead atoms. The van der Waals surface area contributed by atoms with Gasteiger partial charge in [-0.2, -0.15) is 0 Å². The van der Waals surface area contributed by atoms with Crippen molar-refractivity contribution in [1.29, 1.82) is 0 Å². The molecule has 0 spiro atoms. The highest BCUT2D eigenvalue weighted by atomic mass is 32.2. The Kier molecular flexibility index (Phi) is 5.62. The summed E-state index contributed by atoms with van der Waals surface area (Å²) in [5, 5.41) is 3.45. The standard InChI is InChI=1S/C17H22N2S/c1-4-19-14(3)16-6-5-7-17(9-16)20-12-15-8-13(2)10-18-11-15/h5-11,14,19H,4,12H2,1-3H3. The highest BCUT2D eigenvalue weighted by Crippen LogP contribution is 2.25. The van der Waals surface area contributed by atoms with Crippen molar-refractivity contribution in [2.75, 3.05) is 6.54 Å². The molecule has 1 atom stereocenters. The predicted octanol–water partition coefficient (Wildman–Crippen LogP) is 4.35. The lowest BCUT2D eigenvalue weighted by Gasteiger charge is -2.13. The van der Waals surface area contributed by atoms with Crippen molar-refractivity contribution >= 4 is 11.8 Å². The van der Waals surface area contributed by atoms with Crippen LogP contribution in [0, 0.1) is 6.92 Å². The van der Waals surface area contributed by atoms with Gasteiger partial charge < -0.3 is 5.32 Å². The number of aryl methyl sites for hydroxylation is 1. The summed E-state index contributed by atoms with van der Waals surface area (Å²) in [6, 6.07) is 11.4. The Hall–Kier alpha value is -1.32. The maximum absolute atomic E-state index is 4.24. The summed E-state index contributed by atoms with van der Waals surface area (Å²) in [5.41, 5.74) is 3.84. The van der Waals surface area contributed by atoms with E-state index in [4.69, 9.17) is 0 Å². The van der Waals surface area contributed by atoms with E-state index >= 15 is 0 Å². The van der Waals surface area contributed by atoms with Crippen LogP contribution in [0.15, 0.2) is 47.6 Å². The van der Waals surface area contributed by atoms with Gasteiger partial charge in [-0.15, -0.1) is 11.8 Å². The minimum atomic E-state index is 0.404. The number of benzene rings is 1. The quantitative estimate of drug-likeness (QED) is 0.799. The molecule has 0 aliphatic carbocycles. The normalized spacial score (nSPS) is 12.3. The Bertz CT molecular complexity index is 554. The van der Waals surface area contributed by atoms with Crippen LogP contribution in [0.2, 0.25) is 0 Å². The number of pyridine rings is 1. The van der Waals surface area contributed by atoms with Crippen molar-refractivity contribution in [3.05, 3.63) is 59.4 Å². The zero-order chi connectivity index (χ0) is 14.4. The van der Waals surface area contributed by atoms with Gasteiger partial charge in [0.2, 0.25) is 0 Å². The Morgan fingerprint density at radius 2 is 2.10 bits per heavy atom. The summed E-state index contributed by atoms with van der Waals surface area (Å²) in [4.78, 5) is 5.56. The predicted molar refractivity (Wildman–Crippen MR) is 87.1 cm³/mol. The lowest BCUT2D eigenvalue weighted by Crippen LogP contribution is -2.17. The van der Waals surface area contributed by atoms with Crippen LogP contribution in [-0.2, 0) is 5.75 Å². The van der Waals surface area contributed by atoms with Gasteiger partial charge in [0.15, 0.2) is 0 Å².